The highest BCUT2D eigenvalue weighted by molar-refractivity contribution is 6.33. The number of Topliss-reactive ketones (excluding diaryl/α,β-unsaturated/α-hetero) is 2. The summed E-state index contributed by atoms with van der Waals surface area (Å²) in [6, 6.07) is 0.613. The summed E-state index contributed by atoms with van der Waals surface area (Å²) in [5.74, 6) is -4.72. The van der Waals surface area contributed by atoms with Crippen molar-refractivity contribution in [3.05, 3.63) is 22.8 Å². The van der Waals surface area contributed by atoms with Crippen molar-refractivity contribution in [2.45, 2.75) is 44.5 Å². The van der Waals surface area contributed by atoms with Crippen molar-refractivity contribution in [2.75, 3.05) is 12.1 Å². The number of hydrazine groups is 1. The van der Waals surface area contributed by atoms with Gasteiger partial charge in [0.05, 0.1) is 10.6 Å². The predicted molar refractivity (Wildman–Crippen MR) is 102 cm³/mol. The number of carbonyl (C=O) groups is 4. The van der Waals surface area contributed by atoms with Crippen LogP contribution in [-0.4, -0.2) is 52.1 Å². The van der Waals surface area contributed by atoms with Crippen molar-refractivity contribution in [3.8, 4) is 0 Å². The maximum absolute atomic E-state index is 13.3. The number of aromatic nitrogens is 1. The molecule has 2 saturated heterocycles. The molecule has 1 aromatic heterocycles. The van der Waals surface area contributed by atoms with Gasteiger partial charge in [-0.2, -0.15) is 23.7 Å². The average molecular weight is 475 g/mol. The van der Waals surface area contributed by atoms with Gasteiger partial charge in [0, 0.05) is 26.1 Å². The SMILES string of the molecule is CN(c1ncc(C(F)(F)F)cc1Cl)N1C(=O)[C@@H]2ONC3(C(=O)CC(C)(C)CC3=O)[C@H]2C1=O. The summed E-state index contributed by atoms with van der Waals surface area (Å²) in [6.45, 7) is 3.48. The molecule has 1 aliphatic carbocycles. The normalized spacial score (nSPS) is 26.8. The third kappa shape index (κ3) is 3.11. The largest absolute Gasteiger partial charge is 0.417 e. The summed E-state index contributed by atoms with van der Waals surface area (Å²) >= 11 is 5.94. The summed E-state index contributed by atoms with van der Waals surface area (Å²) < 4.78 is 38.7. The number of fused-ring (bicyclic) bond motifs is 2. The van der Waals surface area contributed by atoms with Crippen molar-refractivity contribution in [2.24, 2.45) is 11.3 Å². The van der Waals surface area contributed by atoms with Gasteiger partial charge in [0.1, 0.15) is 5.92 Å². The molecule has 9 nitrogen and oxygen atoms in total. The lowest BCUT2D eigenvalue weighted by molar-refractivity contribution is -0.156. The fourth-order valence-electron chi connectivity index (χ4n) is 4.42. The molecule has 1 spiro atoms. The van der Waals surface area contributed by atoms with E-state index in [0.29, 0.717) is 17.3 Å². The molecular formula is C19H18ClF3N4O5. The van der Waals surface area contributed by atoms with Gasteiger partial charge in [-0.05, 0) is 11.5 Å². The molecule has 3 aliphatic rings. The van der Waals surface area contributed by atoms with Crippen LogP contribution in [0.25, 0.3) is 0 Å². The van der Waals surface area contributed by atoms with E-state index in [9.17, 15) is 32.3 Å². The highest BCUT2D eigenvalue weighted by Gasteiger charge is 2.71. The molecule has 0 radical (unpaired) electrons. The highest BCUT2D eigenvalue weighted by Crippen LogP contribution is 2.46. The fourth-order valence-corrected chi connectivity index (χ4v) is 4.71. The molecule has 13 heteroatoms. The number of nitrogens with zero attached hydrogens (tertiary/aromatic N) is 3. The minimum absolute atomic E-state index is 0.0120. The summed E-state index contributed by atoms with van der Waals surface area (Å²) in [5.41, 5.74) is -1.37. The first-order valence-corrected chi connectivity index (χ1v) is 9.92. The highest BCUT2D eigenvalue weighted by atomic mass is 35.5. The summed E-state index contributed by atoms with van der Waals surface area (Å²) in [4.78, 5) is 61.0. The Morgan fingerprint density at radius 2 is 1.78 bits per heavy atom. The van der Waals surface area contributed by atoms with E-state index in [1.807, 2.05) is 0 Å². The molecule has 0 bridgehead atoms. The predicted octanol–water partition coefficient (Wildman–Crippen LogP) is 1.69. The number of anilines is 1. The van der Waals surface area contributed by atoms with Crippen LogP contribution in [0.3, 0.4) is 0 Å². The van der Waals surface area contributed by atoms with Crippen LogP contribution in [0.15, 0.2) is 12.3 Å². The van der Waals surface area contributed by atoms with E-state index >= 15 is 0 Å². The van der Waals surface area contributed by atoms with Crippen molar-refractivity contribution >= 4 is 40.8 Å². The first-order chi connectivity index (χ1) is 14.7. The molecule has 1 N–H and O–H groups in total. The Balaban J connectivity index is 1.68. The van der Waals surface area contributed by atoms with Gasteiger partial charge < -0.3 is 0 Å². The van der Waals surface area contributed by atoms with Gasteiger partial charge >= 0.3 is 6.18 Å². The van der Waals surface area contributed by atoms with E-state index in [2.05, 4.69) is 10.5 Å². The van der Waals surface area contributed by atoms with Gasteiger partial charge in [0.15, 0.2) is 29.0 Å². The molecule has 3 fully saturated rings. The molecule has 0 aromatic carbocycles. The van der Waals surface area contributed by atoms with E-state index in [-0.39, 0.29) is 18.7 Å². The van der Waals surface area contributed by atoms with E-state index in [4.69, 9.17) is 16.4 Å². The lowest BCUT2D eigenvalue weighted by atomic mass is 9.63. The molecule has 172 valence electrons. The summed E-state index contributed by atoms with van der Waals surface area (Å²) in [6.07, 6.45) is -5.67. The van der Waals surface area contributed by atoms with Crippen LogP contribution in [0.5, 0.6) is 0 Å². The van der Waals surface area contributed by atoms with Crippen LogP contribution < -0.4 is 10.5 Å². The monoisotopic (exact) mass is 474 g/mol. The number of amides is 2. The Morgan fingerprint density at radius 1 is 1.19 bits per heavy atom. The van der Waals surface area contributed by atoms with Crippen LogP contribution in [0.4, 0.5) is 19.0 Å². The van der Waals surface area contributed by atoms with Crippen LogP contribution in [-0.2, 0) is 30.2 Å². The standard InChI is InChI=1S/C19H18ClF3N4O5/c1-17(2)5-10(28)18(11(29)6-17)12-13(32-25-18)16(31)27(15(12)30)26(3)14-9(20)4-8(7-24-14)19(21,22)23/h4,7,12-13,25H,5-6H2,1-3H3/t12-,13-/m1/s1. The molecule has 3 heterocycles. The minimum atomic E-state index is -4.69. The van der Waals surface area contributed by atoms with Crippen LogP contribution in [0.2, 0.25) is 5.02 Å². The number of pyridine rings is 1. The van der Waals surface area contributed by atoms with Crippen molar-refractivity contribution in [3.63, 3.8) is 0 Å². The Kier molecular flexibility index (Phi) is 4.92. The maximum atomic E-state index is 13.3. The number of alkyl halides is 3. The van der Waals surface area contributed by atoms with Crippen molar-refractivity contribution in [1.82, 2.24) is 15.5 Å². The molecule has 2 amide bonds. The number of hydrogen-bond acceptors (Lipinski definition) is 8. The minimum Gasteiger partial charge on any atom is -0.297 e. The molecule has 4 rings (SSSR count). The number of ketones is 2. The van der Waals surface area contributed by atoms with E-state index in [1.54, 1.807) is 13.8 Å². The number of hydrogen-bond donors (Lipinski definition) is 1. The van der Waals surface area contributed by atoms with Crippen molar-refractivity contribution < 1.29 is 37.2 Å². The van der Waals surface area contributed by atoms with E-state index in [1.165, 1.54) is 7.05 Å². The zero-order valence-electron chi connectivity index (χ0n) is 17.1. The first-order valence-electron chi connectivity index (χ1n) is 9.54. The zero-order chi connectivity index (χ0) is 23.8. The fraction of sp³-hybridized carbons (Fsp3) is 0.526. The Labute approximate surface area is 184 Å². The molecule has 1 saturated carbocycles. The van der Waals surface area contributed by atoms with Crippen molar-refractivity contribution in [1.29, 1.82) is 0 Å². The van der Waals surface area contributed by atoms with Gasteiger partial charge in [-0.25, -0.2) is 4.98 Å². The number of hydroxylamine groups is 1. The Morgan fingerprint density at radius 3 is 2.31 bits per heavy atom. The third-order valence-corrected chi connectivity index (χ3v) is 6.23. The van der Waals surface area contributed by atoms with Gasteiger partial charge in [0.25, 0.3) is 11.8 Å². The lowest BCUT2D eigenvalue weighted by Gasteiger charge is -2.40. The second-order valence-electron chi connectivity index (χ2n) is 8.83. The van der Waals surface area contributed by atoms with Gasteiger partial charge in [0.2, 0.25) is 0 Å². The maximum Gasteiger partial charge on any atom is 0.417 e. The number of nitrogens with one attached hydrogen (secondary N) is 1. The first kappa shape index (κ1) is 22.6. The second-order valence-corrected chi connectivity index (χ2v) is 9.24. The topological polar surface area (TPSA) is 109 Å². The number of carbonyl (C=O) groups excluding carboxylic acids is 4. The Bertz CT molecular complexity index is 1040. The quantitative estimate of drug-likeness (QED) is 0.509. The molecule has 2 aliphatic heterocycles. The molecule has 0 unspecified atom stereocenters. The summed E-state index contributed by atoms with van der Waals surface area (Å²) in [5, 5.41) is 1.00. The van der Waals surface area contributed by atoms with E-state index < -0.39 is 63.1 Å². The molecule has 32 heavy (non-hydrogen) atoms. The molecule has 1 aromatic rings. The third-order valence-electron chi connectivity index (χ3n) is 5.96. The van der Waals surface area contributed by atoms with E-state index in [0.717, 1.165) is 5.01 Å². The number of imide groups is 1. The number of halogens is 4. The second kappa shape index (κ2) is 6.96. The zero-order valence-corrected chi connectivity index (χ0v) is 17.9. The lowest BCUT2D eigenvalue weighted by Crippen LogP contribution is -2.65. The Hall–Kier alpha value is -2.57. The average Bonchev–Trinajstić information content (AvgIpc) is 3.16. The van der Waals surface area contributed by atoms with Gasteiger partial charge in [-0.15, -0.1) is 0 Å². The smallest absolute Gasteiger partial charge is 0.297 e. The summed E-state index contributed by atoms with van der Waals surface area (Å²) in [7, 11) is 1.20. The van der Waals surface area contributed by atoms with Crippen LogP contribution in [0.1, 0.15) is 32.3 Å². The van der Waals surface area contributed by atoms with Gasteiger partial charge in [-0.1, -0.05) is 25.4 Å². The molecular weight excluding hydrogens is 457 g/mol. The molecule has 2 atom stereocenters. The van der Waals surface area contributed by atoms with Crippen LogP contribution in [0, 0.1) is 11.3 Å². The van der Waals surface area contributed by atoms with Crippen LogP contribution >= 0.6 is 11.6 Å². The number of rotatable bonds is 2. The van der Waals surface area contributed by atoms with Gasteiger partial charge in [-0.3, -0.25) is 29.0 Å².